The number of esters is 1. The highest BCUT2D eigenvalue weighted by molar-refractivity contribution is 6.10. The Bertz CT molecular complexity index is 598. The minimum absolute atomic E-state index is 0.0995. The van der Waals surface area contributed by atoms with Crippen molar-refractivity contribution in [3.8, 4) is 0 Å². The SMILES string of the molecule is CC1=NCC(=O)Nc2cc(C(=O)OC(C)(C)C)ccc21. The Hall–Kier alpha value is -2.17. The molecule has 0 aromatic heterocycles. The van der Waals surface area contributed by atoms with Crippen LogP contribution in [0, 0.1) is 0 Å². The molecule has 5 heteroatoms. The Kier molecular flexibility index (Phi) is 3.61. The lowest BCUT2D eigenvalue weighted by atomic mass is 10.1. The first-order valence-corrected chi connectivity index (χ1v) is 6.45. The first-order chi connectivity index (χ1) is 9.26. The standard InChI is InChI=1S/C15H18N2O3/c1-9-11-6-5-10(14(19)20-15(2,3)4)7-12(11)17-13(18)8-16-9/h5-7H,8H2,1-4H3,(H,17,18). The summed E-state index contributed by atoms with van der Waals surface area (Å²) in [5.74, 6) is -0.599. The number of carbonyl (C=O) groups is 2. The Morgan fingerprint density at radius 1 is 1.35 bits per heavy atom. The van der Waals surface area contributed by atoms with E-state index in [1.165, 1.54) is 0 Å². The number of fused-ring (bicyclic) bond motifs is 1. The van der Waals surface area contributed by atoms with Crippen LogP contribution < -0.4 is 5.32 Å². The summed E-state index contributed by atoms with van der Waals surface area (Å²) in [7, 11) is 0. The maximum atomic E-state index is 12.0. The van der Waals surface area contributed by atoms with Gasteiger partial charge in [-0.25, -0.2) is 4.79 Å². The van der Waals surface area contributed by atoms with E-state index in [2.05, 4.69) is 10.3 Å². The molecule has 1 aromatic carbocycles. The number of hydrogen-bond acceptors (Lipinski definition) is 4. The van der Waals surface area contributed by atoms with Gasteiger partial charge in [-0.1, -0.05) is 6.07 Å². The summed E-state index contributed by atoms with van der Waals surface area (Å²) in [5, 5.41) is 2.75. The smallest absolute Gasteiger partial charge is 0.338 e. The van der Waals surface area contributed by atoms with Gasteiger partial charge in [0.05, 0.1) is 11.3 Å². The zero-order valence-corrected chi connectivity index (χ0v) is 12.1. The number of aliphatic imine (C=N–C) groups is 1. The van der Waals surface area contributed by atoms with E-state index in [1.807, 2.05) is 27.7 Å². The van der Waals surface area contributed by atoms with Crippen molar-refractivity contribution in [1.82, 2.24) is 0 Å². The summed E-state index contributed by atoms with van der Waals surface area (Å²) in [4.78, 5) is 27.8. The lowest BCUT2D eigenvalue weighted by Gasteiger charge is -2.20. The second kappa shape index (κ2) is 5.07. The van der Waals surface area contributed by atoms with Crippen molar-refractivity contribution in [2.24, 2.45) is 4.99 Å². The molecule has 0 radical (unpaired) electrons. The maximum Gasteiger partial charge on any atom is 0.338 e. The number of anilines is 1. The molecular formula is C15H18N2O3. The highest BCUT2D eigenvalue weighted by atomic mass is 16.6. The van der Waals surface area contributed by atoms with Gasteiger partial charge in [0.2, 0.25) is 5.91 Å². The molecule has 106 valence electrons. The summed E-state index contributed by atoms with van der Waals surface area (Å²) in [6, 6.07) is 5.09. The van der Waals surface area contributed by atoms with Gasteiger partial charge in [0.1, 0.15) is 12.1 Å². The number of benzodiazepines with no additional fused rings is 1. The van der Waals surface area contributed by atoms with E-state index in [9.17, 15) is 9.59 Å². The molecule has 1 aliphatic rings. The normalized spacial score (nSPS) is 14.8. The maximum absolute atomic E-state index is 12.0. The third-order valence-electron chi connectivity index (χ3n) is 2.78. The summed E-state index contributed by atoms with van der Waals surface area (Å²) < 4.78 is 5.32. The zero-order chi connectivity index (χ0) is 14.9. The zero-order valence-electron chi connectivity index (χ0n) is 12.1. The monoisotopic (exact) mass is 274 g/mol. The van der Waals surface area contributed by atoms with Crippen molar-refractivity contribution in [2.45, 2.75) is 33.3 Å². The van der Waals surface area contributed by atoms with Crippen LogP contribution in [0.15, 0.2) is 23.2 Å². The predicted molar refractivity (Wildman–Crippen MR) is 77.3 cm³/mol. The Morgan fingerprint density at radius 2 is 2.05 bits per heavy atom. The number of amides is 1. The van der Waals surface area contributed by atoms with Gasteiger partial charge in [0, 0.05) is 11.3 Å². The predicted octanol–water partition coefficient (Wildman–Crippen LogP) is 2.40. The molecule has 1 N–H and O–H groups in total. The van der Waals surface area contributed by atoms with Gasteiger partial charge >= 0.3 is 5.97 Å². The number of nitrogens with one attached hydrogen (secondary N) is 1. The third-order valence-corrected chi connectivity index (χ3v) is 2.78. The molecule has 0 saturated heterocycles. The van der Waals surface area contributed by atoms with E-state index in [0.29, 0.717) is 11.3 Å². The minimum Gasteiger partial charge on any atom is -0.456 e. The summed E-state index contributed by atoms with van der Waals surface area (Å²) >= 11 is 0. The van der Waals surface area contributed by atoms with Crippen LogP contribution in [0.1, 0.15) is 43.6 Å². The van der Waals surface area contributed by atoms with Gasteiger partial charge in [-0.3, -0.25) is 9.79 Å². The lowest BCUT2D eigenvalue weighted by molar-refractivity contribution is -0.114. The summed E-state index contributed by atoms with van der Waals surface area (Å²) in [5.41, 5.74) is 2.05. The Labute approximate surface area is 118 Å². The summed E-state index contributed by atoms with van der Waals surface area (Å²) in [6.07, 6.45) is 0. The van der Waals surface area contributed by atoms with E-state index in [0.717, 1.165) is 11.3 Å². The van der Waals surface area contributed by atoms with Crippen LogP contribution in [-0.4, -0.2) is 29.7 Å². The fraction of sp³-hybridized carbons (Fsp3) is 0.400. The van der Waals surface area contributed by atoms with Gasteiger partial charge < -0.3 is 10.1 Å². The third kappa shape index (κ3) is 3.23. The molecule has 1 amide bonds. The quantitative estimate of drug-likeness (QED) is 0.800. The van der Waals surface area contributed by atoms with Crippen LogP contribution in [0.2, 0.25) is 0 Å². The first kappa shape index (κ1) is 14.2. The van der Waals surface area contributed by atoms with E-state index in [1.54, 1.807) is 18.2 Å². The summed E-state index contributed by atoms with van der Waals surface area (Å²) in [6.45, 7) is 7.38. The number of ether oxygens (including phenoxy) is 1. The molecule has 1 heterocycles. The lowest BCUT2D eigenvalue weighted by Crippen LogP contribution is -2.24. The molecule has 0 aliphatic carbocycles. The van der Waals surface area contributed by atoms with Crippen molar-refractivity contribution in [3.63, 3.8) is 0 Å². The molecule has 0 fully saturated rings. The van der Waals surface area contributed by atoms with Crippen molar-refractivity contribution < 1.29 is 14.3 Å². The molecule has 1 aromatic rings. The Morgan fingerprint density at radius 3 is 2.70 bits per heavy atom. The highest BCUT2D eigenvalue weighted by Crippen LogP contribution is 2.22. The molecule has 5 nitrogen and oxygen atoms in total. The molecule has 0 saturated carbocycles. The van der Waals surface area contributed by atoms with E-state index in [4.69, 9.17) is 4.74 Å². The number of benzene rings is 1. The number of carbonyl (C=O) groups excluding carboxylic acids is 2. The number of nitrogens with zero attached hydrogens (tertiary/aromatic N) is 1. The van der Waals surface area contributed by atoms with Crippen LogP contribution in [0.25, 0.3) is 0 Å². The second-order valence-corrected chi connectivity index (χ2v) is 5.71. The first-order valence-electron chi connectivity index (χ1n) is 6.45. The van der Waals surface area contributed by atoms with Crippen LogP contribution in [-0.2, 0) is 9.53 Å². The van der Waals surface area contributed by atoms with Gasteiger partial charge in [-0.15, -0.1) is 0 Å². The van der Waals surface area contributed by atoms with Crippen molar-refractivity contribution in [1.29, 1.82) is 0 Å². The Balaban J connectivity index is 2.35. The molecule has 0 spiro atoms. The van der Waals surface area contributed by atoms with Crippen LogP contribution in [0.4, 0.5) is 5.69 Å². The van der Waals surface area contributed by atoms with Gasteiger partial charge in [-0.05, 0) is 39.8 Å². The molecule has 0 unspecified atom stereocenters. The molecule has 0 bridgehead atoms. The van der Waals surface area contributed by atoms with Gasteiger partial charge in [0.15, 0.2) is 0 Å². The van der Waals surface area contributed by atoms with Crippen LogP contribution >= 0.6 is 0 Å². The van der Waals surface area contributed by atoms with Crippen molar-refractivity contribution >= 4 is 23.3 Å². The van der Waals surface area contributed by atoms with Crippen molar-refractivity contribution in [2.75, 3.05) is 11.9 Å². The number of rotatable bonds is 1. The fourth-order valence-corrected chi connectivity index (χ4v) is 1.89. The molecule has 1 aliphatic heterocycles. The average Bonchev–Trinajstić information content (AvgIpc) is 2.46. The topological polar surface area (TPSA) is 67.8 Å². The highest BCUT2D eigenvalue weighted by Gasteiger charge is 2.20. The van der Waals surface area contributed by atoms with Crippen LogP contribution in [0.3, 0.4) is 0 Å². The number of hydrogen-bond donors (Lipinski definition) is 1. The molecule has 20 heavy (non-hydrogen) atoms. The second-order valence-electron chi connectivity index (χ2n) is 5.71. The molecule has 2 rings (SSSR count). The minimum atomic E-state index is -0.551. The largest absolute Gasteiger partial charge is 0.456 e. The van der Waals surface area contributed by atoms with E-state index in [-0.39, 0.29) is 12.5 Å². The van der Waals surface area contributed by atoms with Gasteiger partial charge in [-0.2, -0.15) is 0 Å². The molecular weight excluding hydrogens is 256 g/mol. The van der Waals surface area contributed by atoms with Crippen LogP contribution in [0.5, 0.6) is 0 Å². The van der Waals surface area contributed by atoms with Gasteiger partial charge in [0.25, 0.3) is 0 Å². The van der Waals surface area contributed by atoms with E-state index < -0.39 is 11.6 Å². The van der Waals surface area contributed by atoms with E-state index >= 15 is 0 Å². The van der Waals surface area contributed by atoms with Crippen molar-refractivity contribution in [3.05, 3.63) is 29.3 Å². The average molecular weight is 274 g/mol. The fourth-order valence-electron chi connectivity index (χ4n) is 1.89. The molecule has 0 atom stereocenters.